The number of carbonyl (C=O) groups is 3. The number of hydrogen-bond donors (Lipinski definition) is 4. The molecule has 0 aromatic heterocycles. The van der Waals surface area contributed by atoms with Crippen LogP contribution in [-0.4, -0.2) is 41.0 Å². The molecule has 1 atom stereocenters. The van der Waals surface area contributed by atoms with E-state index in [4.69, 9.17) is 10.8 Å². The molecule has 0 aromatic carbocycles. The Kier molecular flexibility index (Phi) is 7.06. The highest BCUT2D eigenvalue weighted by atomic mass is 16.4. The van der Waals surface area contributed by atoms with Crippen molar-refractivity contribution in [3.63, 3.8) is 0 Å². The number of aliphatic carboxylic acids is 1. The maximum atomic E-state index is 11.5. The first-order chi connectivity index (χ1) is 8.61. The fourth-order valence-electron chi connectivity index (χ4n) is 1.32. The molecule has 110 valence electrons. The Morgan fingerprint density at radius 3 is 2.26 bits per heavy atom. The highest BCUT2D eigenvalue weighted by Crippen LogP contribution is 1.99. The first-order valence-electron chi connectivity index (χ1n) is 6.18. The number of carboxylic acids is 1. The Labute approximate surface area is 112 Å². The number of nitrogens with two attached hydrogens (primary N) is 1. The summed E-state index contributed by atoms with van der Waals surface area (Å²) in [6.07, 6.45) is 0.0864. The van der Waals surface area contributed by atoms with Gasteiger partial charge in [-0.25, -0.2) is 0 Å². The molecule has 2 amide bonds. The van der Waals surface area contributed by atoms with Gasteiger partial charge in [0.05, 0.1) is 6.04 Å². The average Bonchev–Trinajstić information content (AvgIpc) is 2.22. The predicted molar refractivity (Wildman–Crippen MR) is 70.4 cm³/mol. The zero-order chi connectivity index (χ0) is 15.1. The SMILES string of the molecule is CC(C)(C)NC(=O)CCNC(=O)C(N)CCC(=O)O. The van der Waals surface area contributed by atoms with Gasteiger partial charge in [0.25, 0.3) is 0 Å². The van der Waals surface area contributed by atoms with Crippen LogP contribution in [0, 0.1) is 0 Å². The molecule has 0 radical (unpaired) electrons. The number of hydrogen-bond acceptors (Lipinski definition) is 4. The second-order valence-electron chi connectivity index (χ2n) is 5.38. The van der Waals surface area contributed by atoms with Crippen LogP contribution in [0.1, 0.15) is 40.0 Å². The molecule has 0 saturated carbocycles. The third kappa shape index (κ3) is 10.0. The summed E-state index contributed by atoms with van der Waals surface area (Å²) in [6.45, 7) is 5.78. The maximum Gasteiger partial charge on any atom is 0.303 e. The Morgan fingerprint density at radius 1 is 1.21 bits per heavy atom. The van der Waals surface area contributed by atoms with E-state index in [1.54, 1.807) is 0 Å². The van der Waals surface area contributed by atoms with Crippen molar-refractivity contribution < 1.29 is 19.5 Å². The lowest BCUT2D eigenvalue weighted by atomic mass is 10.1. The van der Waals surface area contributed by atoms with Crippen molar-refractivity contribution in [2.45, 2.75) is 51.6 Å². The van der Waals surface area contributed by atoms with Gasteiger partial charge < -0.3 is 21.5 Å². The largest absolute Gasteiger partial charge is 0.481 e. The van der Waals surface area contributed by atoms with Crippen LogP contribution in [0.25, 0.3) is 0 Å². The van der Waals surface area contributed by atoms with E-state index in [-0.39, 0.29) is 37.3 Å². The number of carbonyl (C=O) groups excluding carboxylic acids is 2. The molecule has 1 unspecified atom stereocenters. The zero-order valence-corrected chi connectivity index (χ0v) is 11.7. The number of amides is 2. The van der Waals surface area contributed by atoms with Crippen molar-refractivity contribution in [2.75, 3.05) is 6.54 Å². The fraction of sp³-hybridized carbons (Fsp3) is 0.750. The van der Waals surface area contributed by atoms with E-state index in [0.717, 1.165) is 0 Å². The molecule has 0 heterocycles. The lowest BCUT2D eigenvalue weighted by molar-refractivity contribution is -0.137. The minimum absolute atomic E-state index is 0.0787. The first-order valence-corrected chi connectivity index (χ1v) is 6.18. The second kappa shape index (κ2) is 7.73. The lowest BCUT2D eigenvalue weighted by Gasteiger charge is -2.20. The molecule has 0 rings (SSSR count). The molecule has 0 spiro atoms. The van der Waals surface area contributed by atoms with Gasteiger partial charge in [-0.2, -0.15) is 0 Å². The normalized spacial score (nSPS) is 12.6. The van der Waals surface area contributed by atoms with E-state index in [1.165, 1.54) is 0 Å². The van der Waals surface area contributed by atoms with Crippen LogP contribution >= 0.6 is 0 Å². The van der Waals surface area contributed by atoms with Gasteiger partial charge in [-0.1, -0.05) is 0 Å². The predicted octanol–water partition coefficient (Wildman–Crippen LogP) is -0.400. The Bertz CT molecular complexity index is 336. The molecular formula is C12H23N3O4. The van der Waals surface area contributed by atoms with Gasteiger partial charge in [0, 0.05) is 24.9 Å². The molecule has 0 aromatic rings. The fourth-order valence-corrected chi connectivity index (χ4v) is 1.32. The quantitative estimate of drug-likeness (QED) is 0.503. The van der Waals surface area contributed by atoms with Gasteiger partial charge >= 0.3 is 5.97 Å². The minimum atomic E-state index is -0.993. The van der Waals surface area contributed by atoms with Crippen LogP contribution in [0.3, 0.4) is 0 Å². The Morgan fingerprint density at radius 2 is 1.79 bits per heavy atom. The van der Waals surface area contributed by atoms with Gasteiger partial charge in [-0.15, -0.1) is 0 Å². The molecule has 0 aliphatic heterocycles. The van der Waals surface area contributed by atoms with Crippen molar-refractivity contribution in [1.82, 2.24) is 10.6 Å². The molecule has 0 saturated heterocycles. The van der Waals surface area contributed by atoms with E-state index in [0.29, 0.717) is 0 Å². The summed E-state index contributed by atoms with van der Waals surface area (Å²) in [6, 6.07) is -0.859. The smallest absolute Gasteiger partial charge is 0.303 e. The summed E-state index contributed by atoms with van der Waals surface area (Å²) in [5.74, 6) is -1.59. The molecule has 0 aliphatic rings. The molecule has 7 heteroatoms. The number of carboxylic acid groups (broad SMARTS) is 1. The molecule has 0 bridgehead atoms. The maximum absolute atomic E-state index is 11.5. The van der Waals surface area contributed by atoms with E-state index >= 15 is 0 Å². The molecule has 0 aliphatic carbocycles. The summed E-state index contributed by atoms with van der Waals surface area (Å²) in [5.41, 5.74) is 5.20. The number of rotatable bonds is 7. The topological polar surface area (TPSA) is 122 Å². The molecule has 19 heavy (non-hydrogen) atoms. The summed E-state index contributed by atoms with van der Waals surface area (Å²) in [4.78, 5) is 33.2. The highest BCUT2D eigenvalue weighted by Gasteiger charge is 2.16. The summed E-state index contributed by atoms with van der Waals surface area (Å²) < 4.78 is 0. The average molecular weight is 273 g/mol. The van der Waals surface area contributed by atoms with Gasteiger partial charge in [0.15, 0.2) is 0 Å². The zero-order valence-electron chi connectivity index (χ0n) is 11.7. The van der Waals surface area contributed by atoms with Crippen LogP contribution in [0.15, 0.2) is 0 Å². The summed E-state index contributed by atoms with van der Waals surface area (Å²) in [7, 11) is 0. The van der Waals surface area contributed by atoms with Crippen LogP contribution in [0.5, 0.6) is 0 Å². The summed E-state index contributed by atoms with van der Waals surface area (Å²) >= 11 is 0. The standard InChI is InChI=1S/C12H23N3O4/c1-12(2,3)15-9(16)6-7-14-11(19)8(13)4-5-10(17)18/h8H,4-7,13H2,1-3H3,(H,14,19)(H,15,16)(H,17,18). The van der Waals surface area contributed by atoms with Crippen molar-refractivity contribution >= 4 is 17.8 Å². The second-order valence-corrected chi connectivity index (χ2v) is 5.38. The minimum Gasteiger partial charge on any atom is -0.481 e. The van der Waals surface area contributed by atoms with Crippen LogP contribution in [0.2, 0.25) is 0 Å². The van der Waals surface area contributed by atoms with Crippen LogP contribution in [0.4, 0.5) is 0 Å². The highest BCUT2D eigenvalue weighted by molar-refractivity contribution is 5.83. The Balaban J connectivity index is 3.85. The van der Waals surface area contributed by atoms with Crippen molar-refractivity contribution in [2.24, 2.45) is 5.73 Å². The molecule has 5 N–H and O–H groups in total. The molecular weight excluding hydrogens is 250 g/mol. The van der Waals surface area contributed by atoms with E-state index in [1.807, 2.05) is 20.8 Å². The van der Waals surface area contributed by atoms with Crippen molar-refractivity contribution in [1.29, 1.82) is 0 Å². The van der Waals surface area contributed by atoms with Crippen molar-refractivity contribution in [3.05, 3.63) is 0 Å². The van der Waals surface area contributed by atoms with Gasteiger partial charge in [-0.3, -0.25) is 14.4 Å². The van der Waals surface area contributed by atoms with Gasteiger partial charge in [-0.05, 0) is 27.2 Å². The van der Waals surface area contributed by atoms with Gasteiger partial charge in [0.1, 0.15) is 0 Å². The Hall–Kier alpha value is -1.63. The lowest BCUT2D eigenvalue weighted by Crippen LogP contribution is -2.44. The third-order valence-electron chi connectivity index (χ3n) is 2.17. The van der Waals surface area contributed by atoms with E-state index < -0.39 is 17.9 Å². The summed E-state index contributed by atoms with van der Waals surface area (Å²) in [5, 5.41) is 13.7. The molecule has 7 nitrogen and oxygen atoms in total. The van der Waals surface area contributed by atoms with E-state index in [2.05, 4.69) is 10.6 Å². The third-order valence-corrected chi connectivity index (χ3v) is 2.17. The van der Waals surface area contributed by atoms with Gasteiger partial charge in [0.2, 0.25) is 11.8 Å². The van der Waals surface area contributed by atoms with E-state index in [9.17, 15) is 14.4 Å². The monoisotopic (exact) mass is 273 g/mol. The van der Waals surface area contributed by atoms with Crippen molar-refractivity contribution in [3.8, 4) is 0 Å². The molecule has 0 fully saturated rings. The first kappa shape index (κ1) is 17.4. The van der Waals surface area contributed by atoms with Crippen LogP contribution < -0.4 is 16.4 Å². The number of nitrogens with one attached hydrogen (secondary N) is 2. The van der Waals surface area contributed by atoms with Crippen LogP contribution in [-0.2, 0) is 14.4 Å².